The molecule has 17 heavy (non-hydrogen) atoms. The molecule has 1 heterocycles. The van der Waals surface area contributed by atoms with Gasteiger partial charge >= 0.3 is 0 Å². The van der Waals surface area contributed by atoms with E-state index in [2.05, 4.69) is 26.1 Å². The molecule has 0 saturated carbocycles. The Bertz CT molecular complexity index is 225. The smallest absolute Gasteiger partial charge is 0.0876 e. The normalized spacial score (nSPS) is 19.4. The van der Waals surface area contributed by atoms with E-state index in [9.17, 15) is 0 Å². The maximum absolute atomic E-state index is 5.51. The van der Waals surface area contributed by atoms with Crippen LogP contribution in [0.5, 0.6) is 0 Å². The maximum atomic E-state index is 5.51. The molecule has 2 atom stereocenters. The molecule has 1 rings (SSSR count). The van der Waals surface area contributed by atoms with Crippen molar-refractivity contribution in [2.75, 3.05) is 13.2 Å². The van der Waals surface area contributed by atoms with E-state index in [0.717, 1.165) is 19.1 Å². The van der Waals surface area contributed by atoms with E-state index in [4.69, 9.17) is 4.74 Å². The second kappa shape index (κ2) is 8.57. The Balaban J connectivity index is 2.63. The van der Waals surface area contributed by atoms with Gasteiger partial charge < -0.3 is 10.1 Å². The van der Waals surface area contributed by atoms with Gasteiger partial charge in [-0.15, -0.1) is 0 Å². The van der Waals surface area contributed by atoms with Gasteiger partial charge in [-0.2, -0.15) is 0 Å². The zero-order valence-electron chi connectivity index (χ0n) is 11.8. The molecule has 0 spiro atoms. The predicted molar refractivity (Wildman–Crippen MR) is 74.0 cm³/mol. The Kier molecular flexibility index (Phi) is 7.34. The van der Waals surface area contributed by atoms with E-state index in [-0.39, 0.29) is 0 Å². The van der Waals surface area contributed by atoms with E-state index in [1.807, 2.05) is 6.26 Å². The second-order valence-electron chi connectivity index (χ2n) is 5.01. The minimum Gasteiger partial charge on any atom is -0.501 e. The SMILES string of the molecule is CCCCC(CC)C(NCC)C1=COCCC1. The average Bonchev–Trinajstić information content (AvgIpc) is 2.39. The zero-order valence-corrected chi connectivity index (χ0v) is 11.8. The molecular weight excluding hydrogens is 210 g/mol. The summed E-state index contributed by atoms with van der Waals surface area (Å²) < 4.78 is 5.51. The molecule has 0 aliphatic carbocycles. The van der Waals surface area contributed by atoms with Crippen LogP contribution in [0.1, 0.15) is 59.3 Å². The third kappa shape index (κ3) is 4.71. The fourth-order valence-corrected chi connectivity index (χ4v) is 2.71. The van der Waals surface area contributed by atoms with Gasteiger partial charge in [0, 0.05) is 6.04 Å². The summed E-state index contributed by atoms with van der Waals surface area (Å²) in [5, 5.41) is 3.66. The molecule has 1 aliphatic rings. The fourth-order valence-electron chi connectivity index (χ4n) is 2.71. The van der Waals surface area contributed by atoms with Crippen molar-refractivity contribution in [3.63, 3.8) is 0 Å². The zero-order chi connectivity index (χ0) is 12.5. The molecule has 0 bridgehead atoms. The molecule has 2 heteroatoms. The molecule has 0 aromatic carbocycles. The van der Waals surface area contributed by atoms with Crippen LogP contribution in [0.15, 0.2) is 11.8 Å². The van der Waals surface area contributed by atoms with Crippen LogP contribution < -0.4 is 5.32 Å². The maximum Gasteiger partial charge on any atom is 0.0876 e. The Labute approximate surface area is 107 Å². The minimum absolute atomic E-state index is 0.539. The van der Waals surface area contributed by atoms with Crippen molar-refractivity contribution >= 4 is 0 Å². The summed E-state index contributed by atoms with van der Waals surface area (Å²) in [6.07, 6.45) is 9.64. The molecule has 0 aromatic rings. The quantitative estimate of drug-likeness (QED) is 0.694. The highest BCUT2D eigenvalue weighted by atomic mass is 16.5. The summed E-state index contributed by atoms with van der Waals surface area (Å²) in [7, 11) is 0. The highest BCUT2D eigenvalue weighted by molar-refractivity contribution is 5.11. The largest absolute Gasteiger partial charge is 0.501 e. The van der Waals surface area contributed by atoms with E-state index in [0.29, 0.717) is 6.04 Å². The van der Waals surface area contributed by atoms with Gasteiger partial charge in [0.25, 0.3) is 0 Å². The van der Waals surface area contributed by atoms with Gasteiger partial charge in [-0.1, -0.05) is 40.0 Å². The first-order valence-electron chi connectivity index (χ1n) is 7.37. The standard InChI is InChI=1S/C15H29NO/c1-4-7-9-13(5-2)15(16-6-3)14-10-8-11-17-12-14/h12-13,15-16H,4-11H2,1-3H3. The van der Waals surface area contributed by atoms with Crippen molar-refractivity contribution in [2.24, 2.45) is 5.92 Å². The van der Waals surface area contributed by atoms with Crippen LogP contribution in [0.3, 0.4) is 0 Å². The molecule has 2 nitrogen and oxygen atoms in total. The Morgan fingerprint density at radius 2 is 2.18 bits per heavy atom. The second-order valence-corrected chi connectivity index (χ2v) is 5.01. The number of unbranched alkanes of at least 4 members (excludes halogenated alkanes) is 1. The summed E-state index contributed by atoms with van der Waals surface area (Å²) in [6, 6.07) is 0.539. The van der Waals surface area contributed by atoms with Crippen LogP contribution in [0, 0.1) is 5.92 Å². The minimum atomic E-state index is 0.539. The molecule has 1 aliphatic heterocycles. The van der Waals surface area contributed by atoms with Crippen molar-refractivity contribution in [1.29, 1.82) is 0 Å². The van der Waals surface area contributed by atoms with Crippen molar-refractivity contribution < 1.29 is 4.74 Å². The van der Waals surface area contributed by atoms with E-state index < -0.39 is 0 Å². The van der Waals surface area contributed by atoms with Crippen molar-refractivity contribution in [3.8, 4) is 0 Å². The average molecular weight is 239 g/mol. The molecule has 100 valence electrons. The molecule has 0 radical (unpaired) electrons. The molecule has 2 unspecified atom stereocenters. The lowest BCUT2D eigenvalue weighted by atomic mass is 9.85. The summed E-state index contributed by atoms with van der Waals surface area (Å²) in [6.45, 7) is 8.73. The highest BCUT2D eigenvalue weighted by Crippen LogP contribution is 2.26. The molecule has 0 saturated heterocycles. The topological polar surface area (TPSA) is 21.3 Å². The number of rotatable bonds is 8. The molecule has 1 N–H and O–H groups in total. The van der Waals surface area contributed by atoms with Crippen LogP contribution in [0.25, 0.3) is 0 Å². The monoisotopic (exact) mass is 239 g/mol. The Hall–Kier alpha value is -0.500. The van der Waals surface area contributed by atoms with Crippen molar-refractivity contribution in [2.45, 2.75) is 65.3 Å². The summed E-state index contributed by atoms with van der Waals surface area (Å²) in [5.74, 6) is 0.767. The van der Waals surface area contributed by atoms with Crippen LogP contribution in [0.4, 0.5) is 0 Å². The highest BCUT2D eigenvalue weighted by Gasteiger charge is 2.23. The van der Waals surface area contributed by atoms with Gasteiger partial charge in [0.2, 0.25) is 0 Å². The number of ether oxygens (including phenoxy) is 1. The molecule has 0 fully saturated rings. The summed E-state index contributed by atoms with van der Waals surface area (Å²) in [4.78, 5) is 0. The van der Waals surface area contributed by atoms with E-state index in [1.165, 1.54) is 44.1 Å². The van der Waals surface area contributed by atoms with Crippen LogP contribution in [-0.4, -0.2) is 19.2 Å². The van der Waals surface area contributed by atoms with Gasteiger partial charge in [-0.25, -0.2) is 0 Å². The lowest BCUT2D eigenvalue weighted by Crippen LogP contribution is -2.38. The third-order valence-electron chi connectivity index (χ3n) is 3.71. The van der Waals surface area contributed by atoms with Gasteiger partial charge in [0.05, 0.1) is 12.9 Å². The van der Waals surface area contributed by atoms with Gasteiger partial charge in [-0.05, 0) is 37.3 Å². The van der Waals surface area contributed by atoms with Gasteiger partial charge in [-0.3, -0.25) is 0 Å². The number of nitrogens with one attached hydrogen (secondary N) is 1. The summed E-state index contributed by atoms with van der Waals surface area (Å²) >= 11 is 0. The first-order chi connectivity index (χ1) is 8.33. The number of hydrogen-bond donors (Lipinski definition) is 1. The number of likely N-dealkylation sites (N-methyl/N-ethyl adjacent to an activating group) is 1. The van der Waals surface area contributed by atoms with Crippen LogP contribution in [-0.2, 0) is 4.74 Å². The Morgan fingerprint density at radius 3 is 2.71 bits per heavy atom. The predicted octanol–water partition coefficient (Wildman–Crippen LogP) is 3.88. The van der Waals surface area contributed by atoms with Crippen LogP contribution in [0.2, 0.25) is 0 Å². The van der Waals surface area contributed by atoms with Gasteiger partial charge in [0.15, 0.2) is 0 Å². The molecular formula is C15H29NO. The fraction of sp³-hybridized carbons (Fsp3) is 0.867. The van der Waals surface area contributed by atoms with E-state index >= 15 is 0 Å². The summed E-state index contributed by atoms with van der Waals surface area (Å²) in [5.41, 5.74) is 1.49. The molecule has 0 aromatic heterocycles. The third-order valence-corrected chi connectivity index (χ3v) is 3.71. The van der Waals surface area contributed by atoms with Crippen molar-refractivity contribution in [3.05, 3.63) is 11.8 Å². The first kappa shape index (κ1) is 14.6. The number of hydrogen-bond acceptors (Lipinski definition) is 2. The Morgan fingerprint density at radius 1 is 1.35 bits per heavy atom. The van der Waals surface area contributed by atoms with Crippen molar-refractivity contribution in [1.82, 2.24) is 5.32 Å². The first-order valence-corrected chi connectivity index (χ1v) is 7.37. The van der Waals surface area contributed by atoms with E-state index in [1.54, 1.807) is 0 Å². The molecule has 0 amide bonds. The van der Waals surface area contributed by atoms with Gasteiger partial charge in [0.1, 0.15) is 0 Å². The lowest BCUT2D eigenvalue weighted by Gasteiger charge is -2.31. The van der Waals surface area contributed by atoms with Crippen LogP contribution >= 0.6 is 0 Å². The lowest BCUT2D eigenvalue weighted by molar-refractivity contribution is 0.212.